The largest absolute Gasteiger partial charge is 0.388 e. The Hall–Kier alpha value is -1.00. The molecule has 4 heteroatoms. The fourth-order valence-corrected chi connectivity index (χ4v) is 2.31. The van der Waals surface area contributed by atoms with Crippen LogP contribution < -0.4 is 5.32 Å². The first-order valence-electron chi connectivity index (χ1n) is 5.30. The zero-order chi connectivity index (χ0) is 11.5. The Bertz CT molecular complexity index is 406. The highest BCUT2D eigenvalue weighted by molar-refractivity contribution is 7.98. The number of amides is 1. The summed E-state index contributed by atoms with van der Waals surface area (Å²) in [6.45, 7) is 0. The summed E-state index contributed by atoms with van der Waals surface area (Å²) in [6, 6.07) is 5.69. The van der Waals surface area contributed by atoms with Gasteiger partial charge in [-0.25, -0.2) is 0 Å². The molecule has 86 valence electrons. The van der Waals surface area contributed by atoms with Crippen LogP contribution in [0.15, 0.2) is 18.2 Å². The minimum atomic E-state index is -0.423. The summed E-state index contributed by atoms with van der Waals surface area (Å²) >= 11 is 1.72. The number of carbonyl (C=O) groups excluding carboxylic acids is 1. The van der Waals surface area contributed by atoms with Crippen molar-refractivity contribution in [3.8, 4) is 0 Å². The van der Waals surface area contributed by atoms with Gasteiger partial charge in [0.25, 0.3) is 0 Å². The lowest BCUT2D eigenvalue weighted by Crippen LogP contribution is -2.03. The van der Waals surface area contributed by atoms with Crippen molar-refractivity contribution in [2.45, 2.75) is 18.9 Å². The summed E-state index contributed by atoms with van der Waals surface area (Å²) < 4.78 is 0. The van der Waals surface area contributed by atoms with Crippen LogP contribution in [0.5, 0.6) is 0 Å². The first-order valence-corrected chi connectivity index (χ1v) is 6.70. The van der Waals surface area contributed by atoms with E-state index in [-0.39, 0.29) is 5.91 Å². The average molecular weight is 237 g/mol. The molecule has 0 aromatic heterocycles. The van der Waals surface area contributed by atoms with E-state index in [1.165, 1.54) is 0 Å². The average Bonchev–Trinajstić information content (AvgIpc) is 2.64. The van der Waals surface area contributed by atoms with E-state index in [2.05, 4.69) is 5.32 Å². The second-order valence-electron chi connectivity index (χ2n) is 3.94. The predicted molar refractivity (Wildman–Crippen MR) is 66.7 cm³/mol. The van der Waals surface area contributed by atoms with E-state index >= 15 is 0 Å². The molecule has 0 saturated carbocycles. The topological polar surface area (TPSA) is 49.3 Å². The molecular weight excluding hydrogens is 222 g/mol. The van der Waals surface area contributed by atoms with Gasteiger partial charge in [0.1, 0.15) is 0 Å². The summed E-state index contributed by atoms with van der Waals surface area (Å²) in [5.41, 5.74) is 2.78. The Labute approximate surface area is 99.2 Å². The van der Waals surface area contributed by atoms with Crippen molar-refractivity contribution in [3.63, 3.8) is 0 Å². The fourth-order valence-electron chi connectivity index (χ4n) is 1.85. The van der Waals surface area contributed by atoms with Gasteiger partial charge in [0.15, 0.2) is 0 Å². The van der Waals surface area contributed by atoms with Gasteiger partial charge < -0.3 is 10.4 Å². The van der Waals surface area contributed by atoms with Crippen molar-refractivity contribution in [1.82, 2.24) is 0 Å². The molecule has 0 bridgehead atoms. The van der Waals surface area contributed by atoms with E-state index in [1.807, 2.05) is 24.5 Å². The first kappa shape index (κ1) is 11.5. The second-order valence-corrected chi connectivity index (χ2v) is 4.92. The third kappa shape index (κ3) is 2.39. The number of fused-ring (bicyclic) bond motifs is 1. The molecule has 1 aromatic carbocycles. The zero-order valence-corrected chi connectivity index (χ0v) is 10.0. The van der Waals surface area contributed by atoms with Crippen LogP contribution >= 0.6 is 11.8 Å². The molecule has 1 aliphatic heterocycles. The van der Waals surface area contributed by atoms with Gasteiger partial charge in [-0.3, -0.25) is 4.79 Å². The maximum absolute atomic E-state index is 11.2. The van der Waals surface area contributed by atoms with Crippen LogP contribution in [0.2, 0.25) is 0 Å². The quantitative estimate of drug-likeness (QED) is 0.841. The molecule has 1 amide bonds. The number of nitrogens with one attached hydrogen (secondary N) is 1. The summed E-state index contributed by atoms with van der Waals surface area (Å²) in [7, 11) is 0. The second kappa shape index (κ2) is 4.89. The molecule has 0 aliphatic carbocycles. The first-order chi connectivity index (χ1) is 7.70. The molecule has 0 saturated heterocycles. The van der Waals surface area contributed by atoms with Crippen LogP contribution in [-0.2, 0) is 11.2 Å². The SMILES string of the molecule is CSCCC(O)c1ccc2c(c1)CC(=O)N2. The monoisotopic (exact) mass is 237 g/mol. The Morgan fingerprint density at radius 2 is 2.38 bits per heavy atom. The summed E-state index contributed by atoms with van der Waals surface area (Å²) in [5.74, 6) is 0.973. The van der Waals surface area contributed by atoms with Crippen LogP contribution in [0.25, 0.3) is 0 Å². The number of hydrogen-bond donors (Lipinski definition) is 2. The number of thioether (sulfide) groups is 1. The molecule has 16 heavy (non-hydrogen) atoms. The molecule has 1 atom stereocenters. The van der Waals surface area contributed by atoms with Crippen LogP contribution in [0.4, 0.5) is 5.69 Å². The minimum absolute atomic E-state index is 0.0331. The number of aliphatic hydroxyl groups excluding tert-OH is 1. The van der Waals surface area contributed by atoms with Crippen molar-refractivity contribution in [1.29, 1.82) is 0 Å². The number of rotatable bonds is 4. The van der Waals surface area contributed by atoms with E-state index in [0.717, 1.165) is 29.0 Å². The van der Waals surface area contributed by atoms with Gasteiger partial charge in [-0.15, -0.1) is 0 Å². The molecule has 2 N–H and O–H groups in total. The number of hydrogen-bond acceptors (Lipinski definition) is 3. The van der Waals surface area contributed by atoms with Gasteiger partial charge in [-0.2, -0.15) is 11.8 Å². The number of anilines is 1. The van der Waals surface area contributed by atoms with Crippen LogP contribution in [0, 0.1) is 0 Å². The number of aliphatic hydroxyl groups is 1. The van der Waals surface area contributed by atoms with E-state index in [0.29, 0.717) is 6.42 Å². The van der Waals surface area contributed by atoms with Gasteiger partial charge in [0.05, 0.1) is 12.5 Å². The number of benzene rings is 1. The van der Waals surface area contributed by atoms with Crippen molar-refractivity contribution in [3.05, 3.63) is 29.3 Å². The Balaban J connectivity index is 2.12. The van der Waals surface area contributed by atoms with Crippen LogP contribution in [0.1, 0.15) is 23.7 Å². The van der Waals surface area contributed by atoms with Gasteiger partial charge in [-0.05, 0) is 35.6 Å². The lowest BCUT2D eigenvalue weighted by molar-refractivity contribution is -0.115. The highest BCUT2D eigenvalue weighted by Crippen LogP contribution is 2.27. The molecule has 1 aliphatic rings. The summed E-state index contributed by atoms with van der Waals surface area (Å²) in [6.07, 6.45) is 2.78. The molecular formula is C12H15NO2S. The zero-order valence-electron chi connectivity index (χ0n) is 9.19. The lowest BCUT2D eigenvalue weighted by Gasteiger charge is -2.11. The third-order valence-electron chi connectivity index (χ3n) is 2.73. The van der Waals surface area contributed by atoms with Crippen molar-refractivity contribution in [2.75, 3.05) is 17.3 Å². The maximum Gasteiger partial charge on any atom is 0.228 e. The molecule has 0 radical (unpaired) electrons. The lowest BCUT2D eigenvalue weighted by atomic mass is 10.0. The van der Waals surface area contributed by atoms with Crippen molar-refractivity contribution < 1.29 is 9.90 Å². The summed E-state index contributed by atoms with van der Waals surface area (Å²) in [5, 5.41) is 12.7. The minimum Gasteiger partial charge on any atom is -0.388 e. The highest BCUT2D eigenvalue weighted by Gasteiger charge is 2.18. The van der Waals surface area contributed by atoms with Crippen LogP contribution in [-0.4, -0.2) is 23.0 Å². The Morgan fingerprint density at radius 3 is 3.12 bits per heavy atom. The van der Waals surface area contributed by atoms with E-state index in [9.17, 15) is 9.90 Å². The normalized spacial score (nSPS) is 15.8. The molecule has 0 spiro atoms. The predicted octanol–water partition coefficient (Wildman–Crippen LogP) is 1.97. The van der Waals surface area contributed by atoms with Gasteiger partial charge in [-0.1, -0.05) is 12.1 Å². The maximum atomic E-state index is 11.2. The molecule has 0 fully saturated rings. The molecule has 2 rings (SSSR count). The fraction of sp³-hybridized carbons (Fsp3) is 0.417. The third-order valence-corrected chi connectivity index (χ3v) is 3.38. The summed E-state index contributed by atoms with van der Waals surface area (Å²) in [4.78, 5) is 11.2. The van der Waals surface area contributed by atoms with E-state index in [1.54, 1.807) is 11.8 Å². The Morgan fingerprint density at radius 1 is 1.56 bits per heavy atom. The van der Waals surface area contributed by atoms with Gasteiger partial charge >= 0.3 is 0 Å². The van der Waals surface area contributed by atoms with Crippen molar-refractivity contribution in [2.24, 2.45) is 0 Å². The number of carbonyl (C=O) groups is 1. The standard InChI is InChI=1S/C12H15NO2S/c1-16-5-4-11(14)8-2-3-10-9(6-8)7-12(15)13-10/h2-3,6,11,14H,4-5,7H2,1H3,(H,13,15). The van der Waals surface area contributed by atoms with Crippen molar-refractivity contribution >= 4 is 23.4 Å². The van der Waals surface area contributed by atoms with Gasteiger partial charge in [0, 0.05) is 5.69 Å². The smallest absolute Gasteiger partial charge is 0.228 e. The molecule has 1 aromatic rings. The highest BCUT2D eigenvalue weighted by atomic mass is 32.2. The molecule has 1 unspecified atom stereocenters. The van der Waals surface area contributed by atoms with E-state index < -0.39 is 6.10 Å². The Kier molecular flexibility index (Phi) is 3.51. The van der Waals surface area contributed by atoms with Gasteiger partial charge in [0.2, 0.25) is 5.91 Å². The van der Waals surface area contributed by atoms with E-state index in [4.69, 9.17) is 0 Å². The molecule has 1 heterocycles. The van der Waals surface area contributed by atoms with Crippen LogP contribution in [0.3, 0.4) is 0 Å². The molecule has 3 nitrogen and oxygen atoms in total.